The Hall–Kier alpha value is -2.31. The number of hydrogen-bond acceptors (Lipinski definition) is 5. The Bertz CT molecular complexity index is 752. The number of hydrogen-bond donors (Lipinski definition) is 1. The second-order valence-corrected chi connectivity index (χ2v) is 7.57. The summed E-state index contributed by atoms with van der Waals surface area (Å²) in [6.45, 7) is 3.34. The Morgan fingerprint density at radius 2 is 1.70 bits per heavy atom. The maximum Gasteiger partial charge on any atom is 0.253 e. The quantitative estimate of drug-likeness (QED) is 0.901. The highest BCUT2D eigenvalue weighted by molar-refractivity contribution is 5.94. The standard InChI is InChI=1S/C21H26N4O2/c26-20(17-3-10-22-11-4-17)25-12-5-19(6-13-25)24-14-7-21(27,8-15-24)18-2-1-9-23-16-18/h1-4,9-11,16,19,27H,5-8,12-15H2. The number of aliphatic hydroxyl groups is 1. The predicted molar refractivity (Wildman–Crippen MR) is 102 cm³/mol. The Balaban J connectivity index is 1.30. The van der Waals surface area contributed by atoms with Crippen molar-refractivity contribution in [3.63, 3.8) is 0 Å². The number of rotatable bonds is 3. The van der Waals surface area contributed by atoms with E-state index in [0.717, 1.165) is 57.4 Å². The lowest BCUT2D eigenvalue weighted by molar-refractivity contribution is -0.0414. The molecule has 0 radical (unpaired) electrons. The zero-order chi connectivity index (χ0) is 18.7. The second kappa shape index (κ2) is 7.74. The van der Waals surface area contributed by atoms with E-state index in [1.807, 2.05) is 17.0 Å². The van der Waals surface area contributed by atoms with Gasteiger partial charge in [-0.2, -0.15) is 0 Å². The van der Waals surface area contributed by atoms with Crippen LogP contribution in [-0.4, -0.2) is 63.0 Å². The molecule has 1 N–H and O–H groups in total. The molecule has 0 saturated carbocycles. The van der Waals surface area contributed by atoms with Crippen LogP contribution in [0, 0.1) is 0 Å². The fourth-order valence-electron chi connectivity index (χ4n) is 4.30. The van der Waals surface area contributed by atoms with Gasteiger partial charge in [0.05, 0.1) is 5.60 Å². The van der Waals surface area contributed by atoms with Crippen molar-refractivity contribution in [2.75, 3.05) is 26.2 Å². The fraction of sp³-hybridized carbons (Fsp3) is 0.476. The Kier molecular flexibility index (Phi) is 5.18. The molecule has 6 nitrogen and oxygen atoms in total. The molecule has 0 aromatic carbocycles. The summed E-state index contributed by atoms with van der Waals surface area (Å²) < 4.78 is 0. The molecule has 0 spiro atoms. The first-order valence-electron chi connectivity index (χ1n) is 9.72. The molecule has 4 heterocycles. The van der Waals surface area contributed by atoms with Gasteiger partial charge in [0.2, 0.25) is 0 Å². The van der Waals surface area contributed by atoms with Gasteiger partial charge >= 0.3 is 0 Å². The van der Waals surface area contributed by atoms with Crippen molar-refractivity contribution in [2.45, 2.75) is 37.3 Å². The van der Waals surface area contributed by atoms with Gasteiger partial charge in [0, 0.05) is 68.1 Å². The van der Waals surface area contributed by atoms with Crippen LogP contribution < -0.4 is 0 Å². The molecule has 0 unspecified atom stereocenters. The Labute approximate surface area is 159 Å². The number of carbonyl (C=O) groups is 1. The molecular formula is C21H26N4O2. The maximum atomic E-state index is 12.6. The first-order chi connectivity index (χ1) is 13.2. The number of piperidine rings is 2. The highest BCUT2D eigenvalue weighted by Gasteiger charge is 2.37. The molecule has 6 heteroatoms. The van der Waals surface area contributed by atoms with Gasteiger partial charge in [-0.3, -0.25) is 14.8 Å². The molecule has 2 aliphatic heterocycles. The van der Waals surface area contributed by atoms with Crippen molar-refractivity contribution in [1.82, 2.24) is 19.8 Å². The van der Waals surface area contributed by atoms with Crippen molar-refractivity contribution < 1.29 is 9.90 Å². The molecule has 0 atom stereocenters. The van der Waals surface area contributed by atoms with E-state index in [4.69, 9.17) is 0 Å². The van der Waals surface area contributed by atoms with Crippen LogP contribution in [0.4, 0.5) is 0 Å². The van der Waals surface area contributed by atoms with Crippen molar-refractivity contribution >= 4 is 5.91 Å². The summed E-state index contributed by atoms with van der Waals surface area (Å²) in [4.78, 5) is 25.1. The van der Waals surface area contributed by atoms with Crippen LogP contribution in [0.15, 0.2) is 49.1 Å². The zero-order valence-electron chi connectivity index (χ0n) is 15.5. The van der Waals surface area contributed by atoms with E-state index < -0.39 is 5.60 Å². The van der Waals surface area contributed by atoms with Crippen molar-refractivity contribution in [3.8, 4) is 0 Å². The lowest BCUT2D eigenvalue weighted by Crippen LogP contribution is -2.51. The number of pyridine rings is 2. The minimum atomic E-state index is -0.761. The van der Waals surface area contributed by atoms with Crippen LogP contribution in [0.3, 0.4) is 0 Å². The van der Waals surface area contributed by atoms with Crippen LogP contribution in [0.1, 0.15) is 41.6 Å². The molecular weight excluding hydrogens is 340 g/mol. The monoisotopic (exact) mass is 366 g/mol. The molecule has 4 rings (SSSR count). The molecule has 0 bridgehead atoms. The molecule has 2 aliphatic rings. The van der Waals surface area contributed by atoms with Crippen molar-refractivity contribution in [2.24, 2.45) is 0 Å². The molecule has 2 aromatic rings. The third-order valence-electron chi connectivity index (χ3n) is 6.02. The van der Waals surface area contributed by atoms with Gasteiger partial charge in [-0.1, -0.05) is 6.07 Å². The largest absolute Gasteiger partial charge is 0.385 e. The summed E-state index contributed by atoms with van der Waals surface area (Å²) in [7, 11) is 0. The molecule has 27 heavy (non-hydrogen) atoms. The summed E-state index contributed by atoms with van der Waals surface area (Å²) >= 11 is 0. The summed E-state index contributed by atoms with van der Waals surface area (Å²) in [6, 6.07) is 7.89. The maximum absolute atomic E-state index is 12.6. The van der Waals surface area contributed by atoms with Gasteiger partial charge in [0.25, 0.3) is 5.91 Å². The minimum absolute atomic E-state index is 0.0976. The summed E-state index contributed by atoms with van der Waals surface area (Å²) in [5, 5.41) is 11.0. The SMILES string of the molecule is O=C(c1ccncc1)N1CCC(N2CCC(O)(c3cccnc3)CC2)CC1. The lowest BCUT2D eigenvalue weighted by Gasteiger charge is -2.44. The van der Waals surface area contributed by atoms with E-state index in [1.54, 1.807) is 36.9 Å². The predicted octanol–water partition coefficient (Wildman–Crippen LogP) is 2.06. The smallest absolute Gasteiger partial charge is 0.253 e. The number of likely N-dealkylation sites (tertiary alicyclic amines) is 2. The summed E-state index contributed by atoms with van der Waals surface area (Å²) in [5.74, 6) is 0.0976. The third kappa shape index (κ3) is 3.87. The molecule has 2 saturated heterocycles. The fourth-order valence-corrected chi connectivity index (χ4v) is 4.30. The van der Waals surface area contributed by atoms with E-state index >= 15 is 0 Å². The van der Waals surface area contributed by atoms with Crippen molar-refractivity contribution in [3.05, 3.63) is 60.2 Å². The second-order valence-electron chi connectivity index (χ2n) is 7.57. The van der Waals surface area contributed by atoms with Crippen molar-refractivity contribution in [1.29, 1.82) is 0 Å². The molecule has 1 amide bonds. The third-order valence-corrected chi connectivity index (χ3v) is 6.02. The van der Waals surface area contributed by atoms with Gasteiger partial charge < -0.3 is 14.9 Å². The van der Waals surface area contributed by atoms with Gasteiger partial charge in [-0.05, 0) is 43.9 Å². The number of amides is 1. The molecule has 142 valence electrons. The number of nitrogens with zero attached hydrogens (tertiary/aromatic N) is 4. The van der Waals surface area contributed by atoms with E-state index in [9.17, 15) is 9.90 Å². The van der Waals surface area contributed by atoms with Crippen LogP contribution in [0.2, 0.25) is 0 Å². The van der Waals surface area contributed by atoms with Crippen LogP contribution >= 0.6 is 0 Å². The van der Waals surface area contributed by atoms with E-state index in [2.05, 4.69) is 14.9 Å². The van der Waals surface area contributed by atoms with Gasteiger partial charge in [-0.25, -0.2) is 0 Å². The first kappa shape index (κ1) is 18.1. The zero-order valence-corrected chi connectivity index (χ0v) is 15.5. The average molecular weight is 366 g/mol. The van der Waals surface area contributed by atoms with Crippen LogP contribution in [-0.2, 0) is 5.60 Å². The number of carbonyl (C=O) groups excluding carboxylic acids is 1. The Morgan fingerprint density at radius 3 is 2.33 bits per heavy atom. The van der Waals surface area contributed by atoms with Gasteiger partial charge in [0.1, 0.15) is 0 Å². The van der Waals surface area contributed by atoms with E-state index in [0.29, 0.717) is 11.6 Å². The molecule has 2 fully saturated rings. The highest BCUT2D eigenvalue weighted by atomic mass is 16.3. The average Bonchev–Trinajstić information content (AvgIpc) is 2.75. The summed E-state index contributed by atoms with van der Waals surface area (Å²) in [5.41, 5.74) is 0.869. The van der Waals surface area contributed by atoms with Gasteiger partial charge in [-0.15, -0.1) is 0 Å². The Morgan fingerprint density at radius 1 is 1.00 bits per heavy atom. The van der Waals surface area contributed by atoms with Crippen LogP contribution in [0.5, 0.6) is 0 Å². The normalized spacial score (nSPS) is 21.1. The molecule has 0 aliphatic carbocycles. The highest BCUT2D eigenvalue weighted by Crippen LogP contribution is 2.34. The van der Waals surface area contributed by atoms with Gasteiger partial charge in [0.15, 0.2) is 0 Å². The minimum Gasteiger partial charge on any atom is -0.385 e. The van der Waals surface area contributed by atoms with E-state index in [-0.39, 0.29) is 5.91 Å². The topological polar surface area (TPSA) is 69.6 Å². The number of aromatic nitrogens is 2. The van der Waals surface area contributed by atoms with Crippen LogP contribution in [0.25, 0.3) is 0 Å². The molecule has 2 aromatic heterocycles. The summed E-state index contributed by atoms with van der Waals surface area (Å²) in [6.07, 6.45) is 10.3. The van der Waals surface area contributed by atoms with E-state index in [1.165, 1.54) is 0 Å². The lowest BCUT2D eigenvalue weighted by atomic mass is 9.84. The first-order valence-corrected chi connectivity index (χ1v) is 9.72.